The summed E-state index contributed by atoms with van der Waals surface area (Å²) in [6, 6.07) is 26.6. The van der Waals surface area contributed by atoms with Crippen LogP contribution >= 0.6 is 0 Å². The van der Waals surface area contributed by atoms with Gasteiger partial charge in [0.25, 0.3) is 0 Å². The number of carbonyl (C=O) groups excluding carboxylic acids is 1. The molecule has 150 valence electrons. The Labute approximate surface area is 175 Å². The normalized spacial score (nSPS) is 9.93. The minimum Gasteiger partial charge on any atom is -0.388 e. The second kappa shape index (κ2) is 9.98. The van der Waals surface area contributed by atoms with Gasteiger partial charge < -0.3 is 15.1 Å². The van der Waals surface area contributed by atoms with Gasteiger partial charge in [0.05, 0.1) is 16.6 Å². The van der Waals surface area contributed by atoms with Gasteiger partial charge >= 0.3 is 0 Å². The van der Waals surface area contributed by atoms with Crippen LogP contribution in [-0.4, -0.2) is 28.8 Å². The molecule has 0 aliphatic heterocycles. The first-order valence-corrected chi connectivity index (χ1v) is 9.56. The zero-order chi connectivity index (χ0) is 21.3. The van der Waals surface area contributed by atoms with Gasteiger partial charge in [-0.3, -0.25) is 4.98 Å². The van der Waals surface area contributed by atoms with Gasteiger partial charge in [-0.2, -0.15) is 0 Å². The Bertz CT molecular complexity index is 1230. The van der Waals surface area contributed by atoms with Gasteiger partial charge in [0.1, 0.15) is 12.6 Å². The van der Waals surface area contributed by atoms with Gasteiger partial charge in [-0.1, -0.05) is 42.0 Å². The summed E-state index contributed by atoms with van der Waals surface area (Å²) in [6.45, 7) is 4.08. The SMILES string of the molecule is C=O.CNc1ccc2nc(-c3ccc4ncccc4c3)[nH]c2c1.Cc1ccccc1. The molecule has 0 saturated heterocycles. The molecule has 0 saturated carbocycles. The molecule has 30 heavy (non-hydrogen) atoms. The smallest absolute Gasteiger partial charge is 0.138 e. The third kappa shape index (κ3) is 4.89. The molecule has 3 aromatic carbocycles. The summed E-state index contributed by atoms with van der Waals surface area (Å²) in [5.74, 6) is 0.879. The van der Waals surface area contributed by atoms with Gasteiger partial charge in [0.15, 0.2) is 0 Å². The fraction of sp³-hybridized carbons (Fsp3) is 0.0800. The lowest BCUT2D eigenvalue weighted by atomic mass is 10.1. The number of imidazole rings is 1. The Hall–Kier alpha value is -3.99. The van der Waals surface area contributed by atoms with E-state index >= 15 is 0 Å². The molecule has 0 radical (unpaired) electrons. The van der Waals surface area contributed by atoms with E-state index in [1.807, 2.05) is 68.6 Å². The topological polar surface area (TPSA) is 70.7 Å². The lowest BCUT2D eigenvalue weighted by Gasteiger charge is -2.00. The molecule has 0 fully saturated rings. The summed E-state index contributed by atoms with van der Waals surface area (Å²) in [5, 5.41) is 4.25. The number of aromatic amines is 1. The number of carbonyl (C=O) groups is 1. The molecule has 5 nitrogen and oxygen atoms in total. The molecule has 0 bridgehead atoms. The lowest BCUT2D eigenvalue weighted by Crippen LogP contribution is -1.86. The maximum atomic E-state index is 8.00. The first-order chi connectivity index (χ1) is 14.7. The zero-order valence-electron chi connectivity index (χ0n) is 17.1. The van der Waals surface area contributed by atoms with Crippen LogP contribution in [0.1, 0.15) is 5.56 Å². The second-order valence-corrected chi connectivity index (χ2v) is 6.63. The van der Waals surface area contributed by atoms with E-state index in [1.54, 1.807) is 0 Å². The Morgan fingerprint density at radius 3 is 2.33 bits per heavy atom. The van der Waals surface area contributed by atoms with Crippen molar-refractivity contribution < 1.29 is 4.79 Å². The number of hydrogen-bond acceptors (Lipinski definition) is 4. The molecule has 2 heterocycles. The van der Waals surface area contributed by atoms with Gasteiger partial charge in [0.2, 0.25) is 0 Å². The van der Waals surface area contributed by atoms with Crippen molar-refractivity contribution in [3.8, 4) is 11.4 Å². The van der Waals surface area contributed by atoms with Gasteiger partial charge in [0, 0.05) is 29.9 Å². The number of anilines is 1. The fourth-order valence-electron chi connectivity index (χ4n) is 3.06. The molecule has 5 rings (SSSR count). The highest BCUT2D eigenvalue weighted by Crippen LogP contribution is 2.25. The molecule has 0 unspecified atom stereocenters. The standard InChI is InChI=1S/C17H14N4.C7H8.CH2O/c1-18-13-5-7-15-16(10-13)21-17(20-15)12-4-6-14-11(9-12)3-2-8-19-14;1-7-5-3-2-4-6-7;1-2/h2-10,18H,1H3,(H,20,21);2-6H,1H3;1H2. The number of aryl methyl sites for hydroxylation is 1. The highest BCUT2D eigenvalue weighted by Gasteiger charge is 2.06. The monoisotopic (exact) mass is 396 g/mol. The maximum Gasteiger partial charge on any atom is 0.138 e. The van der Waals surface area contributed by atoms with E-state index in [1.165, 1.54) is 5.56 Å². The van der Waals surface area contributed by atoms with Gasteiger partial charge in [-0.05, 0) is 49.4 Å². The average Bonchev–Trinajstić information content (AvgIpc) is 3.24. The van der Waals surface area contributed by atoms with Crippen LogP contribution in [0.4, 0.5) is 5.69 Å². The van der Waals surface area contributed by atoms with Crippen molar-refractivity contribution in [3.05, 3.63) is 90.6 Å². The van der Waals surface area contributed by atoms with Crippen LogP contribution in [0.3, 0.4) is 0 Å². The number of rotatable bonds is 2. The summed E-state index contributed by atoms with van der Waals surface area (Å²) in [4.78, 5) is 20.4. The third-order valence-corrected chi connectivity index (χ3v) is 4.59. The molecular weight excluding hydrogens is 372 g/mol. The van der Waals surface area contributed by atoms with Crippen LogP contribution in [0, 0.1) is 6.92 Å². The quantitative estimate of drug-likeness (QED) is 0.406. The summed E-state index contributed by atoms with van der Waals surface area (Å²) in [7, 11) is 1.91. The van der Waals surface area contributed by atoms with Crippen molar-refractivity contribution >= 4 is 34.4 Å². The summed E-state index contributed by atoms with van der Waals surface area (Å²) in [5.41, 5.74) is 6.45. The molecule has 5 heteroatoms. The van der Waals surface area contributed by atoms with Crippen LogP contribution in [0.25, 0.3) is 33.3 Å². The van der Waals surface area contributed by atoms with E-state index in [0.717, 1.165) is 39.0 Å². The Morgan fingerprint density at radius 1 is 0.867 bits per heavy atom. The first-order valence-electron chi connectivity index (χ1n) is 9.56. The van der Waals surface area contributed by atoms with Crippen molar-refractivity contribution in [2.45, 2.75) is 6.92 Å². The Balaban J connectivity index is 0.000000241. The lowest BCUT2D eigenvalue weighted by molar-refractivity contribution is -0.0979. The Morgan fingerprint density at radius 2 is 1.63 bits per heavy atom. The number of pyridine rings is 1. The van der Waals surface area contributed by atoms with Crippen LogP contribution < -0.4 is 5.32 Å². The number of fused-ring (bicyclic) bond motifs is 2. The summed E-state index contributed by atoms with van der Waals surface area (Å²) < 4.78 is 0. The number of hydrogen-bond donors (Lipinski definition) is 2. The Kier molecular flexibility index (Phi) is 6.90. The summed E-state index contributed by atoms with van der Waals surface area (Å²) in [6.07, 6.45) is 1.81. The van der Waals surface area contributed by atoms with Crippen molar-refractivity contribution in [2.75, 3.05) is 12.4 Å². The van der Waals surface area contributed by atoms with E-state index in [0.29, 0.717) is 0 Å². The first kappa shape index (κ1) is 20.7. The number of aromatic nitrogens is 3. The van der Waals surface area contributed by atoms with Crippen molar-refractivity contribution in [1.29, 1.82) is 0 Å². The van der Waals surface area contributed by atoms with E-state index in [-0.39, 0.29) is 0 Å². The second-order valence-electron chi connectivity index (χ2n) is 6.63. The number of nitrogens with zero attached hydrogens (tertiary/aromatic N) is 2. The minimum absolute atomic E-state index is 0.879. The molecule has 0 atom stereocenters. The van der Waals surface area contributed by atoms with Crippen molar-refractivity contribution in [2.24, 2.45) is 0 Å². The number of H-pyrrole nitrogens is 1. The van der Waals surface area contributed by atoms with Crippen LogP contribution in [0.5, 0.6) is 0 Å². The number of benzene rings is 3. The average molecular weight is 396 g/mol. The van der Waals surface area contributed by atoms with Crippen LogP contribution in [0.2, 0.25) is 0 Å². The molecule has 2 N–H and O–H groups in total. The largest absolute Gasteiger partial charge is 0.388 e. The molecule has 2 aromatic heterocycles. The van der Waals surface area contributed by atoms with E-state index in [9.17, 15) is 0 Å². The van der Waals surface area contributed by atoms with Gasteiger partial charge in [-0.25, -0.2) is 4.98 Å². The fourth-order valence-corrected chi connectivity index (χ4v) is 3.06. The van der Waals surface area contributed by atoms with E-state index < -0.39 is 0 Å². The molecule has 0 amide bonds. The molecule has 0 spiro atoms. The maximum absolute atomic E-state index is 8.00. The van der Waals surface area contributed by atoms with Gasteiger partial charge in [-0.15, -0.1) is 0 Å². The molecule has 0 aliphatic rings. The molecule has 5 aromatic rings. The minimum atomic E-state index is 0.879. The number of nitrogens with one attached hydrogen (secondary N) is 2. The summed E-state index contributed by atoms with van der Waals surface area (Å²) >= 11 is 0. The van der Waals surface area contributed by atoms with Crippen LogP contribution in [-0.2, 0) is 4.79 Å². The highest BCUT2D eigenvalue weighted by atomic mass is 16.1. The van der Waals surface area contributed by atoms with E-state index in [4.69, 9.17) is 4.79 Å². The molecule has 0 aliphatic carbocycles. The predicted octanol–water partition coefficient (Wildman–Crippen LogP) is 5.63. The van der Waals surface area contributed by atoms with Crippen LogP contribution in [0.15, 0.2) is 85.1 Å². The third-order valence-electron chi connectivity index (χ3n) is 4.59. The molecular formula is C25H24N4O. The predicted molar refractivity (Wildman–Crippen MR) is 125 cm³/mol. The highest BCUT2D eigenvalue weighted by molar-refractivity contribution is 5.86. The van der Waals surface area contributed by atoms with Crippen molar-refractivity contribution in [1.82, 2.24) is 15.0 Å². The zero-order valence-corrected chi connectivity index (χ0v) is 17.1. The van der Waals surface area contributed by atoms with E-state index in [2.05, 4.69) is 57.5 Å². The van der Waals surface area contributed by atoms with Crippen molar-refractivity contribution in [3.63, 3.8) is 0 Å².